The average molecular weight is 542 g/mol. The second-order valence-electron chi connectivity index (χ2n) is 6.77. The summed E-state index contributed by atoms with van der Waals surface area (Å²) in [6, 6.07) is 38.6. The molecule has 0 atom stereocenters. The van der Waals surface area contributed by atoms with Crippen LogP contribution < -0.4 is 10.7 Å². The van der Waals surface area contributed by atoms with Gasteiger partial charge < -0.3 is 0 Å². The predicted molar refractivity (Wildman–Crippen MR) is 132 cm³/mol. The Labute approximate surface area is 189 Å². The van der Waals surface area contributed by atoms with Crippen LogP contribution in [0.3, 0.4) is 0 Å². The molecule has 0 saturated heterocycles. The summed E-state index contributed by atoms with van der Waals surface area (Å²) < 4.78 is 4.31. The molecule has 0 aliphatic rings. The summed E-state index contributed by atoms with van der Waals surface area (Å²) >= 11 is 9.68. The minimum absolute atomic E-state index is 0.736. The van der Waals surface area contributed by atoms with E-state index in [1.165, 1.54) is 10.7 Å². The van der Waals surface area contributed by atoms with E-state index < -0.39 is 17.0 Å². The van der Waals surface area contributed by atoms with Crippen LogP contribution in [-0.4, -0.2) is 17.0 Å². The minimum atomic E-state index is -3.36. The monoisotopic (exact) mass is 542 g/mol. The van der Waals surface area contributed by atoms with Gasteiger partial charge in [-0.15, -0.1) is 0 Å². The summed E-state index contributed by atoms with van der Waals surface area (Å²) in [7, 11) is 2.05. The molecule has 0 aromatic heterocycles. The van der Waals surface area contributed by atoms with Gasteiger partial charge >= 0.3 is 190 Å². The molecule has 0 amide bonds. The first-order chi connectivity index (χ1) is 14.2. The fourth-order valence-electron chi connectivity index (χ4n) is 3.62. The summed E-state index contributed by atoms with van der Waals surface area (Å²) in [6.07, 6.45) is 0. The van der Waals surface area contributed by atoms with Crippen LogP contribution >= 0.6 is 32.1 Å². The zero-order valence-electron chi connectivity index (χ0n) is 15.8. The van der Waals surface area contributed by atoms with Crippen molar-refractivity contribution in [2.24, 2.45) is 0 Å². The SMILES string of the molecule is Clc1cccc(Cl)c1C[S][Sn]([c]1ccccc1)([c]1ccccc1)[c]1ccccc1. The summed E-state index contributed by atoms with van der Waals surface area (Å²) in [5.41, 5.74) is 1.02. The van der Waals surface area contributed by atoms with Crippen molar-refractivity contribution in [1.29, 1.82) is 0 Å². The Morgan fingerprint density at radius 3 is 1.28 bits per heavy atom. The zero-order chi connectivity index (χ0) is 20.1. The van der Waals surface area contributed by atoms with Gasteiger partial charge in [-0.1, -0.05) is 0 Å². The van der Waals surface area contributed by atoms with E-state index in [1.807, 2.05) is 18.2 Å². The van der Waals surface area contributed by atoms with Gasteiger partial charge in [-0.05, 0) is 0 Å². The Morgan fingerprint density at radius 1 is 0.517 bits per heavy atom. The molecule has 0 unspecified atom stereocenters. The van der Waals surface area contributed by atoms with Crippen molar-refractivity contribution >= 4 is 59.9 Å². The van der Waals surface area contributed by atoms with Crippen LogP contribution in [0.4, 0.5) is 0 Å². The summed E-state index contributed by atoms with van der Waals surface area (Å²) in [5.74, 6) is 0.785. The molecular formula is C25H20Cl2SSn. The first kappa shape index (κ1) is 20.9. The van der Waals surface area contributed by atoms with E-state index >= 15 is 0 Å². The molecule has 144 valence electrons. The average Bonchev–Trinajstić information content (AvgIpc) is 2.78. The molecule has 29 heavy (non-hydrogen) atoms. The fraction of sp³-hybridized carbons (Fsp3) is 0.0400. The van der Waals surface area contributed by atoms with Gasteiger partial charge in [-0.25, -0.2) is 0 Å². The van der Waals surface area contributed by atoms with Crippen molar-refractivity contribution in [3.05, 3.63) is 125 Å². The third-order valence-electron chi connectivity index (χ3n) is 5.04. The maximum absolute atomic E-state index is 6.52. The van der Waals surface area contributed by atoms with Crippen LogP contribution in [0.15, 0.2) is 109 Å². The summed E-state index contributed by atoms with van der Waals surface area (Å²) in [5, 5.41) is 1.47. The van der Waals surface area contributed by atoms with Gasteiger partial charge in [0.1, 0.15) is 0 Å². The molecule has 0 nitrogen and oxygen atoms in total. The zero-order valence-corrected chi connectivity index (χ0v) is 20.9. The van der Waals surface area contributed by atoms with Crippen molar-refractivity contribution in [2.45, 2.75) is 5.75 Å². The number of halogens is 2. The van der Waals surface area contributed by atoms with Crippen molar-refractivity contribution < 1.29 is 0 Å². The van der Waals surface area contributed by atoms with E-state index in [0.717, 1.165) is 21.4 Å². The summed E-state index contributed by atoms with van der Waals surface area (Å²) in [4.78, 5) is 0. The second kappa shape index (κ2) is 9.61. The van der Waals surface area contributed by atoms with Crippen molar-refractivity contribution in [3.63, 3.8) is 0 Å². The molecule has 4 aromatic carbocycles. The molecule has 0 fully saturated rings. The molecule has 0 N–H and O–H groups in total. The van der Waals surface area contributed by atoms with E-state index in [0.29, 0.717) is 0 Å². The predicted octanol–water partition coefficient (Wildman–Crippen LogP) is 5.89. The molecule has 0 aliphatic carbocycles. The topological polar surface area (TPSA) is 0 Å². The number of hydrogen-bond donors (Lipinski definition) is 0. The van der Waals surface area contributed by atoms with Crippen LogP contribution in [0.1, 0.15) is 5.56 Å². The Hall–Kier alpha value is -1.39. The number of rotatable bonds is 6. The van der Waals surface area contributed by atoms with Crippen LogP contribution in [0, 0.1) is 0 Å². The number of hydrogen-bond acceptors (Lipinski definition) is 1. The molecule has 4 rings (SSSR count). The molecule has 4 aromatic rings. The van der Waals surface area contributed by atoms with E-state index in [2.05, 4.69) is 99.9 Å². The Balaban J connectivity index is 1.90. The maximum atomic E-state index is 6.52. The van der Waals surface area contributed by atoms with Gasteiger partial charge in [-0.3, -0.25) is 0 Å². The quantitative estimate of drug-likeness (QED) is 0.274. The van der Waals surface area contributed by atoms with Gasteiger partial charge in [0.05, 0.1) is 0 Å². The molecular weight excluding hydrogens is 522 g/mol. The van der Waals surface area contributed by atoms with E-state index in [4.69, 9.17) is 23.2 Å². The standard InChI is InChI=1S/C7H6Cl2S.3C6H5.Sn/c8-6-2-1-3-7(9)5(6)4-10;3*1-2-4-6-5-3-1;/h1-3,10H,4H2;3*1-5H;/q;;;;+1/p-1. The van der Waals surface area contributed by atoms with Gasteiger partial charge in [0.25, 0.3) is 0 Å². The Morgan fingerprint density at radius 2 is 0.897 bits per heavy atom. The first-order valence-electron chi connectivity index (χ1n) is 9.45. The Bertz CT molecular complexity index is 953. The number of benzene rings is 4. The van der Waals surface area contributed by atoms with Crippen LogP contribution in [-0.2, 0) is 5.75 Å². The third-order valence-corrected chi connectivity index (χ3v) is 26.1. The van der Waals surface area contributed by atoms with E-state index in [-0.39, 0.29) is 0 Å². The van der Waals surface area contributed by atoms with Gasteiger partial charge in [0.2, 0.25) is 0 Å². The van der Waals surface area contributed by atoms with Crippen LogP contribution in [0.25, 0.3) is 0 Å². The normalized spacial score (nSPS) is 11.4. The Kier molecular flexibility index (Phi) is 6.92. The van der Waals surface area contributed by atoms with Crippen LogP contribution in [0.2, 0.25) is 10.0 Å². The van der Waals surface area contributed by atoms with Gasteiger partial charge in [0, 0.05) is 0 Å². The van der Waals surface area contributed by atoms with Crippen molar-refractivity contribution in [2.75, 3.05) is 0 Å². The molecule has 0 bridgehead atoms. The van der Waals surface area contributed by atoms with Gasteiger partial charge in [-0.2, -0.15) is 0 Å². The molecule has 0 aliphatic heterocycles. The van der Waals surface area contributed by atoms with E-state index in [9.17, 15) is 0 Å². The van der Waals surface area contributed by atoms with E-state index in [1.54, 1.807) is 0 Å². The molecule has 0 radical (unpaired) electrons. The second-order valence-corrected chi connectivity index (χ2v) is 23.6. The molecule has 0 saturated carbocycles. The molecule has 0 spiro atoms. The van der Waals surface area contributed by atoms with Crippen molar-refractivity contribution in [1.82, 2.24) is 0 Å². The first-order valence-corrected chi connectivity index (χ1v) is 19.0. The van der Waals surface area contributed by atoms with Crippen LogP contribution in [0.5, 0.6) is 0 Å². The van der Waals surface area contributed by atoms with Gasteiger partial charge in [0.15, 0.2) is 0 Å². The third kappa shape index (κ3) is 4.39. The molecule has 4 heteroatoms. The fourth-order valence-corrected chi connectivity index (χ4v) is 24.1. The van der Waals surface area contributed by atoms with Crippen molar-refractivity contribution in [3.8, 4) is 0 Å². The molecule has 0 heterocycles. The summed E-state index contributed by atoms with van der Waals surface area (Å²) in [6.45, 7) is 0.